The summed E-state index contributed by atoms with van der Waals surface area (Å²) in [7, 11) is 0. The average molecular weight is 257 g/mol. The first-order valence-electron chi connectivity index (χ1n) is 5.97. The van der Waals surface area contributed by atoms with Crippen LogP contribution in [0.25, 0.3) is 11.0 Å². The molecule has 0 unspecified atom stereocenters. The largest absolute Gasteiger partial charge is 0.234 e. The van der Waals surface area contributed by atoms with E-state index in [1.807, 2.05) is 34.2 Å². The third-order valence-corrected chi connectivity index (χ3v) is 4.54. The molecule has 0 aliphatic rings. The molecule has 0 N–H and O–H groups in total. The minimum Gasteiger partial charge on any atom is -0.234 e. The van der Waals surface area contributed by atoms with E-state index in [9.17, 15) is 0 Å². The molecule has 3 nitrogen and oxygen atoms in total. The van der Waals surface area contributed by atoms with Crippen LogP contribution in [0.5, 0.6) is 0 Å². The Kier molecular flexibility index (Phi) is 2.48. The van der Waals surface area contributed by atoms with Gasteiger partial charge in [-0.2, -0.15) is 0 Å². The first-order chi connectivity index (χ1) is 8.59. The van der Waals surface area contributed by atoms with Crippen molar-refractivity contribution in [2.24, 2.45) is 0 Å². The van der Waals surface area contributed by atoms with Gasteiger partial charge in [0.2, 0.25) is 0 Å². The molecule has 0 amide bonds. The zero-order valence-corrected chi connectivity index (χ0v) is 11.5. The molecule has 2 heterocycles. The summed E-state index contributed by atoms with van der Waals surface area (Å²) in [4.78, 5) is 2.62. The molecule has 18 heavy (non-hydrogen) atoms. The second-order valence-corrected chi connectivity index (χ2v) is 6.25. The van der Waals surface area contributed by atoms with Crippen LogP contribution in [0.4, 0.5) is 0 Å². The Morgan fingerprint density at radius 2 is 1.89 bits per heavy atom. The topological polar surface area (TPSA) is 30.7 Å². The predicted molar refractivity (Wildman–Crippen MR) is 75.0 cm³/mol. The average Bonchev–Trinajstić information content (AvgIpc) is 2.95. The van der Waals surface area contributed by atoms with Gasteiger partial charge in [-0.25, -0.2) is 4.68 Å². The smallest absolute Gasteiger partial charge is 0.113 e. The van der Waals surface area contributed by atoms with E-state index in [1.165, 1.54) is 9.75 Å². The summed E-state index contributed by atoms with van der Waals surface area (Å²) in [5.41, 5.74) is 1.85. The molecule has 0 spiro atoms. The maximum atomic E-state index is 4.33. The number of hydrogen-bond donors (Lipinski definition) is 0. The Balaban J connectivity index is 2.19. The van der Waals surface area contributed by atoms with Crippen LogP contribution in [0.15, 0.2) is 36.4 Å². The zero-order valence-electron chi connectivity index (χ0n) is 10.7. The van der Waals surface area contributed by atoms with Gasteiger partial charge in [-0.3, -0.25) is 0 Å². The SMILES string of the molecule is Cc1ccc(C(C)(C)n2nnc3ccccc32)s1. The van der Waals surface area contributed by atoms with Gasteiger partial charge in [-0.15, -0.1) is 16.4 Å². The monoisotopic (exact) mass is 257 g/mol. The number of para-hydroxylation sites is 1. The highest BCUT2D eigenvalue weighted by Crippen LogP contribution is 2.32. The van der Waals surface area contributed by atoms with Gasteiger partial charge < -0.3 is 0 Å². The molecule has 0 fully saturated rings. The molecule has 92 valence electrons. The maximum absolute atomic E-state index is 4.33. The van der Waals surface area contributed by atoms with Crippen molar-refractivity contribution in [3.8, 4) is 0 Å². The molecule has 2 aromatic heterocycles. The summed E-state index contributed by atoms with van der Waals surface area (Å²) in [5, 5.41) is 8.56. The molecule has 0 radical (unpaired) electrons. The van der Waals surface area contributed by atoms with Crippen molar-refractivity contribution in [1.29, 1.82) is 0 Å². The van der Waals surface area contributed by atoms with E-state index < -0.39 is 0 Å². The van der Waals surface area contributed by atoms with Gasteiger partial charge >= 0.3 is 0 Å². The number of aromatic nitrogens is 3. The zero-order chi connectivity index (χ0) is 12.8. The lowest BCUT2D eigenvalue weighted by Crippen LogP contribution is -2.27. The van der Waals surface area contributed by atoms with E-state index in [4.69, 9.17) is 0 Å². The number of benzene rings is 1. The van der Waals surface area contributed by atoms with Crippen LogP contribution in [0.2, 0.25) is 0 Å². The molecule has 0 aliphatic heterocycles. The minimum atomic E-state index is -0.172. The molecule has 3 aromatic rings. The third kappa shape index (κ3) is 1.64. The fourth-order valence-electron chi connectivity index (χ4n) is 2.15. The molecule has 0 aliphatic carbocycles. The van der Waals surface area contributed by atoms with Crippen molar-refractivity contribution >= 4 is 22.4 Å². The number of nitrogens with zero attached hydrogens (tertiary/aromatic N) is 3. The van der Waals surface area contributed by atoms with E-state index in [2.05, 4.69) is 49.3 Å². The van der Waals surface area contributed by atoms with E-state index >= 15 is 0 Å². The first-order valence-corrected chi connectivity index (χ1v) is 6.78. The highest BCUT2D eigenvalue weighted by atomic mass is 32.1. The second-order valence-electron chi connectivity index (χ2n) is 4.96. The summed E-state index contributed by atoms with van der Waals surface area (Å²) in [6.45, 7) is 6.49. The maximum Gasteiger partial charge on any atom is 0.113 e. The Hall–Kier alpha value is -1.68. The van der Waals surface area contributed by atoms with Crippen LogP contribution >= 0.6 is 11.3 Å². The van der Waals surface area contributed by atoms with Gasteiger partial charge in [-0.1, -0.05) is 17.3 Å². The van der Waals surface area contributed by atoms with Crippen molar-refractivity contribution < 1.29 is 0 Å². The number of hydrogen-bond acceptors (Lipinski definition) is 3. The predicted octanol–water partition coefficient (Wildman–Crippen LogP) is 3.58. The Labute approximate surface area is 110 Å². The fourth-order valence-corrected chi connectivity index (χ4v) is 3.10. The Bertz CT molecular complexity index is 694. The van der Waals surface area contributed by atoms with Crippen LogP contribution in [-0.2, 0) is 5.54 Å². The molecule has 0 saturated heterocycles. The van der Waals surface area contributed by atoms with Crippen molar-refractivity contribution in [3.05, 3.63) is 46.2 Å². The van der Waals surface area contributed by atoms with Crippen LogP contribution in [-0.4, -0.2) is 15.0 Å². The first kappa shape index (κ1) is 11.4. The van der Waals surface area contributed by atoms with Crippen LogP contribution < -0.4 is 0 Å². The molecule has 0 saturated carbocycles. The minimum absolute atomic E-state index is 0.172. The lowest BCUT2D eigenvalue weighted by Gasteiger charge is -2.24. The van der Waals surface area contributed by atoms with E-state index in [0.717, 1.165) is 11.0 Å². The lowest BCUT2D eigenvalue weighted by atomic mass is 10.0. The van der Waals surface area contributed by atoms with E-state index in [1.54, 1.807) is 0 Å². The fraction of sp³-hybridized carbons (Fsp3) is 0.286. The molecule has 1 aromatic carbocycles. The van der Waals surface area contributed by atoms with Gasteiger partial charge in [0, 0.05) is 9.75 Å². The molecule has 4 heteroatoms. The normalized spacial score (nSPS) is 12.2. The quantitative estimate of drug-likeness (QED) is 0.702. The molecule has 3 rings (SSSR count). The van der Waals surface area contributed by atoms with Crippen molar-refractivity contribution in [3.63, 3.8) is 0 Å². The number of rotatable bonds is 2. The number of thiophene rings is 1. The van der Waals surface area contributed by atoms with Crippen LogP contribution in [0, 0.1) is 6.92 Å². The van der Waals surface area contributed by atoms with Gasteiger partial charge in [0.15, 0.2) is 0 Å². The van der Waals surface area contributed by atoms with Gasteiger partial charge in [-0.05, 0) is 45.0 Å². The van der Waals surface area contributed by atoms with Crippen molar-refractivity contribution in [2.75, 3.05) is 0 Å². The number of fused-ring (bicyclic) bond motifs is 1. The summed E-state index contributed by atoms with van der Waals surface area (Å²) in [5.74, 6) is 0. The van der Waals surface area contributed by atoms with Crippen molar-refractivity contribution in [1.82, 2.24) is 15.0 Å². The summed E-state index contributed by atoms with van der Waals surface area (Å²) in [6.07, 6.45) is 0. The van der Waals surface area contributed by atoms with Crippen LogP contribution in [0.1, 0.15) is 23.6 Å². The van der Waals surface area contributed by atoms with E-state index in [0.29, 0.717) is 0 Å². The summed E-state index contributed by atoms with van der Waals surface area (Å²) in [6, 6.07) is 12.4. The highest BCUT2D eigenvalue weighted by Gasteiger charge is 2.27. The summed E-state index contributed by atoms with van der Waals surface area (Å²) >= 11 is 1.81. The van der Waals surface area contributed by atoms with Crippen molar-refractivity contribution in [2.45, 2.75) is 26.3 Å². The van der Waals surface area contributed by atoms with Gasteiger partial charge in [0.05, 0.1) is 11.1 Å². The Morgan fingerprint density at radius 3 is 2.61 bits per heavy atom. The standard InChI is InChI=1S/C14H15N3S/c1-10-8-9-13(18-10)14(2,3)17-12-7-5-4-6-11(12)15-16-17/h4-9H,1-3H3. The molecule has 0 bridgehead atoms. The van der Waals surface area contributed by atoms with Gasteiger partial charge in [0.25, 0.3) is 0 Å². The van der Waals surface area contributed by atoms with Crippen LogP contribution in [0.3, 0.4) is 0 Å². The molecular weight excluding hydrogens is 242 g/mol. The summed E-state index contributed by atoms with van der Waals surface area (Å²) < 4.78 is 2.01. The Morgan fingerprint density at radius 1 is 1.11 bits per heavy atom. The van der Waals surface area contributed by atoms with E-state index in [-0.39, 0.29) is 5.54 Å². The van der Waals surface area contributed by atoms with Gasteiger partial charge in [0.1, 0.15) is 5.52 Å². The number of aryl methyl sites for hydroxylation is 1. The highest BCUT2D eigenvalue weighted by molar-refractivity contribution is 7.12. The third-order valence-electron chi connectivity index (χ3n) is 3.22. The second kappa shape index (κ2) is 3.92. The lowest BCUT2D eigenvalue weighted by molar-refractivity contribution is 0.400. The molecular formula is C14H15N3S. The molecule has 0 atom stereocenters.